The monoisotopic (exact) mass is 122 g/mol. The molecule has 0 aromatic carbocycles. The fraction of sp³-hybridized carbons (Fsp3) is 1.00. The van der Waals surface area contributed by atoms with Gasteiger partial charge in [0.05, 0.1) is 0 Å². The Labute approximate surface area is 43.1 Å². The summed E-state index contributed by atoms with van der Waals surface area (Å²) in [6.07, 6.45) is 1.82. The van der Waals surface area contributed by atoms with Crippen LogP contribution in [0, 0.1) is 0 Å². The van der Waals surface area contributed by atoms with E-state index in [2.05, 4.69) is 22.4 Å². The Morgan fingerprint density at radius 3 is 1.80 bits per heavy atom. The molecule has 4 heteroatoms. The van der Waals surface area contributed by atoms with Crippen LogP contribution in [-0.4, -0.2) is 6.15 Å². The second-order valence-electron chi connectivity index (χ2n) is 0.496. The minimum absolute atomic E-state index is 0.281. The summed E-state index contributed by atoms with van der Waals surface area (Å²) in [4.78, 5) is 0. The summed E-state index contributed by atoms with van der Waals surface area (Å²) in [6, 6.07) is 0. The molecule has 0 fully saturated rings. The van der Waals surface area contributed by atoms with Gasteiger partial charge < -0.3 is 0 Å². The predicted molar refractivity (Wildman–Crippen MR) is 33.7 cm³/mol. The molecule has 0 saturated heterocycles. The Morgan fingerprint density at radius 2 is 1.80 bits per heavy atom. The fourth-order valence-electron chi connectivity index (χ4n) is 0. The van der Waals surface area contributed by atoms with E-state index in [0.29, 0.717) is 0 Å². The molecule has 0 aliphatic carbocycles. The van der Waals surface area contributed by atoms with Crippen molar-refractivity contribution >= 4 is 36.0 Å². The predicted octanol–water partition coefficient (Wildman–Crippen LogP) is 0.196. The normalized spacial score (nSPS) is 5.80. The van der Waals surface area contributed by atoms with Crippen molar-refractivity contribution in [3.05, 3.63) is 0 Å². The van der Waals surface area contributed by atoms with E-state index in [-0.39, 0.29) is 7.44 Å². The number of rotatable bonds is 0. The first-order valence-corrected chi connectivity index (χ1v) is 4.28. The third-order valence-electron chi connectivity index (χ3n) is 0.192. The van der Waals surface area contributed by atoms with Crippen molar-refractivity contribution in [2.45, 2.75) is 6.82 Å². The van der Waals surface area contributed by atoms with Gasteiger partial charge in [-0.25, -0.2) is 0 Å². The maximum atomic E-state index is 4.57. The molecular weight excluding hydrogens is 119 g/mol. The average Bonchev–Trinajstić information content (AvgIpc) is 1.38. The van der Waals surface area contributed by atoms with Gasteiger partial charge in [0.2, 0.25) is 0 Å². The van der Waals surface area contributed by atoms with Crippen LogP contribution in [0.3, 0.4) is 0 Å². The quantitative estimate of drug-likeness (QED) is 0.421. The van der Waals surface area contributed by atoms with E-state index >= 15 is 0 Å². The molecule has 0 amide bonds. The summed E-state index contributed by atoms with van der Waals surface area (Å²) < 4.78 is 0. The van der Waals surface area contributed by atoms with Crippen LogP contribution in [0.4, 0.5) is 0 Å². The Kier molecular flexibility index (Phi) is 3.36. The topological polar surface area (TPSA) is 0 Å². The first kappa shape index (κ1) is 5.72. The van der Waals surface area contributed by atoms with Crippen molar-refractivity contribution < 1.29 is 0 Å². The molecule has 0 aromatic heterocycles. The molecule has 0 bridgehead atoms. The second kappa shape index (κ2) is 2.94. The molecule has 0 aliphatic heterocycles. The van der Waals surface area contributed by atoms with Gasteiger partial charge in [0.1, 0.15) is 0 Å². The van der Waals surface area contributed by atoms with Crippen molar-refractivity contribution in [2.24, 2.45) is 0 Å². The Bertz CT molecular complexity index is 110. The zero-order chi connectivity index (χ0) is 4.28. The molecule has 0 heterocycles. The van der Waals surface area contributed by atoms with Crippen LogP contribution in [-0.2, 0) is 29.8 Å². The van der Waals surface area contributed by atoms with Gasteiger partial charge in [-0.2, -0.15) is 0 Å². The molecule has 5 heavy (non-hydrogen) atoms. The molecule has 0 radical (unpaired) electrons. The Morgan fingerprint density at radius 1 is 1.60 bits per heavy atom. The van der Waals surface area contributed by atoms with Gasteiger partial charge in [0.25, 0.3) is 0 Å². The summed E-state index contributed by atoms with van der Waals surface area (Å²) in [7, 11) is -0.281. The fourth-order valence-corrected chi connectivity index (χ4v) is 0. The van der Waals surface area contributed by atoms with E-state index in [4.69, 9.17) is 0 Å². The van der Waals surface area contributed by atoms with E-state index in [0.717, 1.165) is 0 Å². The number of hydrogen-bond acceptors (Lipinski definition) is 2. The molecule has 0 spiro atoms. The van der Waals surface area contributed by atoms with Crippen molar-refractivity contribution in [3.8, 4) is 0 Å². The van der Waals surface area contributed by atoms with Gasteiger partial charge in [-0.1, -0.05) is 0 Å². The van der Waals surface area contributed by atoms with E-state index in [9.17, 15) is 0 Å². The first-order chi connectivity index (χ1) is 2.27. The number of hydrogen-bond donors (Lipinski definition) is 0. The van der Waals surface area contributed by atoms with Crippen LogP contribution in [0.5, 0.6) is 0 Å². The van der Waals surface area contributed by atoms with Crippen LogP contribution in [0.15, 0.2) is 0 Å². The first-order valence-electron chi connectivity index (χ1n) is 1.15. The van der Waals surface area contributed by atoms with Crippen molar-refractivity contribution in [3.63, 3.8) is 0 Å². The summed E-state index contributed by atoms with van der Waals surface area (Å²) in [5.74, 6) is 0. The minimum atomic E-state index is -0.281. The summed E-state index contributed by atoms with van der Waals surface area (Å²) in [5.41, 5.74) is 0. The van der Waals surface area contributed by atoms with E-state index in [1.165, 1.54) is 0 Å². The van der Waals surface area contributed by atoms with Gasteiger partial charge in [-0.05, 0) is 0 Å². The standard InChI is InChI=1S/CH3BS3/c1-2-5(3)4/h1H3. The SMILES string of the molecule is CB=S(=S)=S. The molecule has 0 aliphatic rings. The van der Waals surface area contributed by atoms with Crippen molar-refractivity contribution in [1.82, 2.24) is 0 Å². The summed E-state index contributed by atoms with van der Waals surface area (Å²) in [6.45, 7) is 1.88. The zero-order valence-electron chi connectivity index (χ0n) is 2.80. The van der Waals surface area contributed by atoms with Crippen molar-refractivity contribution in [1.29, 1.82) is 0 Å². The van der Waals surface area contributed by atoms with E-state index < -0.39 is 0 Å². The third kappa shape index (κ3) is 4.72. The third-order valence-corrected chi connectivity index (χ3v) is 1.73. The van der Waals surface area contributed by atoms with Crippen LogP contribution < -0.4 is 0 Å². The van der Waals surface area contributed by atoms with Crippen LogP contribution in [0.25, 0.3) is 0 Å². The van der Waals surface area contributed by atoms with Gasteiger partial charge in [0.15, 0.2) is 0 Å². The van der Waals surface area contributed by atoms with Crippen molar-refractivity contribution in [2.75, 3.05) is 0 Å². The average molecular weight is 122 g/mol. The van der Waals surface area contributed by atoms with Crippen LogP contribution >= 0.6 is 0 Å². The molecule has 28 valence electrons. The molecule has 0 N–H and O–H groups in total. The van der Waals surface area contributed by atoms with Gasteiger partial charge >= 0.3 is 42.8 Å². The summed E-state index contributed by atoms with van der Waals surface area (Å²) >= 11 is 9.13. The Hall–Kier alpha value is 0.725. The van der Waals surface area contributed by atoms with Crippen LogP contribution in [0.1, 0.15) is 0 Å². The van der Waals surface area contributed by atoms with Crippen LogP contribution in [0.2, 0.25) is 6.82 Å². The Balaban J connectivity index is 4.25. The summed E-state index contributed by atoms with van der Waals surface area (Å²) in [5, 5.41) is 0. The van der Waals surface area contributed by atoms with Gasteiger partial charge in [-0.3, -0.25) is 0 Å². The molecule has 0 unspecified atom stereocenters. The second-order valence-corrected chi connectivity index (χ2v) is 4.28. The molecule has 0 saturated carbocycles. The molecular formula is CH3BS3. The molecule has 0 nitrogen and oxygen atoms in total. The molecule has 0 rings (SSSR count). The van der Waals surface area contributed by atoms with Gasteiger partial charge in [0, 0.05) is 0 Å². The molecule has 0 aromatic rings. The van der Waals surface area contributed by atoms with Gasteiger partial charge in [-0.15, -0.1) is 0 Å². The van der Waals surface area contributed by atoms with E-state index in [1.54, 1.807) is 0 Å². The maximum absolute atomic E-state index is 4.57. The van der Waals surface area contributed by atoms with E-state index in [1.807, 2.05) is 13.0 Å². The zero-order valence-corrected chi connectivity index (χ0v) is 5.25. The molecule has 0 atom stereocenters.